The molecule has 4 nitrogen and oxygen atoms in total. The number of ether oxygens (including phenoxy) is 1. The molecule has 0 aromatic carbocycles. The highest BCUT2D eigenvalue weighted by molar-refractivity contribution is 5.84. The zero-order valence-corrected chi connectivity index (χ0v) is 7.38. The summed E-state index contributed by atoms with van der Waals surface area (Å²) < 4.78 is 4.82. The SMILES string of the molecule is COCCC(=O)C1CNCC[N]1. The van der Waals surface area contributed by atoms with Crippen LogP contribution >= 0.6 is 0 Å². The smallest absolute Gasteiger partial charge is 0.154 e. The van der Waals surface area contributed by atoms with E-state index in [2.05, 4.69) is 10.6 Å². The number of ketones is 1. The number of nitrogens with one attached hydrogen (secondary N) is 1. The van der Waals surface area contributed by atoms with E-state index in [1.54, 1.807) is 7.11 Å². The first-order chi connectivity index (χ1) is 5.84. The number of carbonyl (C=O) groups excluding carboxylic acids is 1. The molecule has 0 aromatic rings. The predicted molar refractivity (Wildman–Crippen MR) is 45.2 cm³/mol. The summed E-state index contributed by atoms with van der Waals surface area (Å²) in [4.78, 5) is 11.3. The highest BCUT2D eigenvalue weighted by Crippen LogP contribution is 1.95. The van der Waals surface area contributed by atoms with Gasteiger partial charge in [0.05, 0.1) is 12.6 Å². The number of hydrogen-bond acceptors (Lipinski definition) is 3. The first-order valence-electron chi connectivity index (χ1n) is 4.23. The lowest BCUT2D eigenvalue weighted by Crippen LogP contribution is -2.48. The summed E-state index contributed by atoms with van der Waals surface area (Å²) >= 11 is 0. The lowest BCUT2D eigenvalue weighted by Gasteiger charge is -2.21. The Balaban J connectivity index is 2.20. The van der Waals surface area contributed by atoms with E-state index in [0.29, 0.717) is 19.6 Å². The monoisotopic (exact) mass is 171 g/mol. The number of piperazine rings is 1. The van der Waals surface area contributed by atoms with Crippen LogP contribution in [-0.4, -0.2) is 45.2 Å². The molecule has 12 heavy (non-hydrogen) atoms. The third-order valence-electron chi connectivity index (χ3n) is 1.90. The van der Waals surface area contributed by atoms with Gasteiger partial charge in [-0.25, -0.2) is 5.32 Å². The second-order valence-electron chi connectivity index (χ2n) is 2.84. The van der Waals surface area contributed by atoms with Gasteiger partial charge in [0.2, 0.25) is 0 Å². The highest BCUT2D eigenvalue weighted by atomic mass is 16.5. The van der Waals surface area contributed by atoms with Crippen molar-refractivity contribution in [2.75, 3.05) is 33.4 Å². The number of hydrogen-bond donors (Lipinski definition) is 1. The van der Waals surface area contributed by atoms with Crippen molar-refractivity contribution < 1.29 is 9.53 Å². The van der Waals surface area contributed by atoms with E-state index >= 15 is 0 Å². The quantitative estimate of drug-likeness (QED) is 0.600. The van der Waals surface area contributed by atoms with Crippen LogP contribution in [0.3, 0.4) is 0 Å². The number of methoxy groups -OCH3 is 1. The molecule has 1 aliphatic rings. The van der Waals surface area contributed by atoms with Gasteiger partial charge in [0.25, 0.3) is 0 Å². The van der Waals surface area contributed by atoms with Gasteiger partial charge in [-0.3, -0.25) is 4.79 Å². The zero-order valence-electron chi connectivity index (χ0n) is 7.38. The van der Waals surface area contributed by atoms with Crippen molar-refractivity contribution in [1.82, 2.24) is 10.6 Å². The fourth-order valence-electron chi connectivity index (χ4n) is 1.19. The van der Waals surface area contributed by atoms with Crippen LogP contribution in [0.2, 0.25) is 0 Å². The molecular formula is C8H15N2O2. The fraction of sp³-hybridized carbons (Fsp3) is 0.875. The molecule has 1 unspecified atom stereocenters. The molecule has 1 N–H and O–H groups in total. The van der Waals surface area contributed by atoms with E-state index in [0.717, 1.165) is 13.1 Å². The van der Waals surface area contributed by atoms with Gasteiger partial charge in [0.15, 0.2) is 5.78 Å². The third kappa shape index (κ3) is 2.89. The Hall–Kier alpha value is -0.450. The molecule has 69 valence electrons. The average molecular weight is 171 g/mol. The van der Waals surface area contributed by atoms with Crippen LogP contribution in [0.4, 0.5) is 0 Å². The van der Waals surface area contributed by atoms with Crippen LogP contribution in [0.15, 0.2) is 0 Å². The van der Waals surface area contributed by atoms with Crippen LogP contribution in [0.25, 0.3) is 0 Å². The Kier molecular flexibility index (Phi) is 4.21. The molecule has 1 heterocycles. The van der Waals surface area contributed by atoms with Gasteiger partial charge in [-0.2, -0.15) is 0 Å². The van der Waals surface area contributed by atoms with Crippen molar-refractivity contribution in [2.24, 2.45) is 0 Å². The van der Waals surface area contributed by atoms with Crippen molar-refractivity contribution in [3.63, 3.8) is 0 Å². The molecule has 1 aliphatic heterocycles. The van der Waals surface area contributed by atoms with Gasteiger partial charge in [-0.1, -0.05) is 0 Å². The van der Waals surface area contributed by atoms with E-state index in [4.69, 9.17) is 4.74 Å². The predicted octanol–water partition coefficient (Wildman–Crippen LogP) is -0.832. The molecule has 0 saturated carbocycles. The zero-order chi connectivity index (χ0) is 8.81. The first kappa shape index (κ1) is 9.64. The summed E-state index contributed by atoms with van der Waals surface area (Å²) in [5.74, 6) is 0.184. The van der Waals surface area contributed by atoms with Gasteiger partial charge in [0.1, 0.15) is 0 Å². The van der Waals surface area contributed by atoms with Gasteiger partial charge < -0.3 is 10.1 Å². The summed E-state index contributed by atoms with van der Waals surface area (Å²) in [7, 11) is 1.60. The Morgan fingerprint density at radius 3 is 3.17 bits per heavy atom. The van der Waals surface area contributed by atoms with E-state index in [1.807, 2.05) is 0 Å². The van der Waals surface area contributed by atoms with Crippen LogP contribution in [0.1, 0.15) is 6.42 Å². The molecule has 0 bridgehead atoms. The van der Waals surface area contributed by atoms with Crippen LogP contribution in [-0.2, 0) is 9.53 Å². The topological polar surface area (TPSA) is 52.4 Å². The summed E-state index contributed by atoms with van der Waals surface area (Å²) in [6, 6.07) is -0.131. The van der Waals surface area contributed by atoms with Crippen LogP contribution in [0, 0.1) is 0 Å². The van der Waals surface area contributed by atoms with E-state index in [-0.39, 0.29) is 11.8 Å². The molecule has 0 aliphatic carbocycles. The maximum absolute atomic E-state index is 11.3. The summed E-state index contributed by atoms with van der Waals surface area (Å²) in [5, 5.41) is 7.35. The Morgan fingerprint density at radius 2 is 2.58 bits per heavy atom. The molecule has 4 heteroatoms. The van der Waals surface area contributed by atoms with Crippen LogP contribution < -0.4 is 10.6 Å². The van der Waals surface area contributed by atoms with Crippen LogP contribution in [0.5, 0.6) is 0 Å². The minimum Gasteiger partial charge on any atom is -0.384 e. The summed E-state index contributed by atoms with van der Waals surface area (Å²) in [5.41, 5.74) is 0. The van der Waals surface area contributed by atoms with Gasteiger partial charge in [-0.05, 0) is 0 Å². The van der Waals surface area contributed by atoms with Gasteiger partial charge in [0, 0.05) is 33.2 Å². The number of rotatable bonds is 4. The Labute approximate surface area is 72.7 Å². The van der Waals surface area contributed by atoms with Crippen molar-refractivity contribution >= 4 is 5.78 Å². The molecule has 0 aromatic heterocycles. The second kappa shape index (κ2) is 5.24. The van der Waals surface area contributed by atoms with Crippen molar-refractivity contribution in [2.45, 2.75) is 12.5 Å². The third-order valence-corrected chi connectivity index (χ3v) is 1.90. The molecule has 1 saturated heterocycles. The van der Waals surface area contributed by atoms with E-state index in [9.17, 15) is 4.79 Å². The number of nitrogens with zero attached hydrogens (tertiary/aromatic N) is 1. The Bertz CT molecular complexity index is 144. The lowest BCUT2D eigenvalue weighted by molar-refractivity contribution is -0.122. The standard InChI is InChI=1S/C8H15N2O2/c1-12-5-2-8(11)7-6-9-3-4-10-7/h7,9H,2-6H2,1H3. The van der Waals surface area contributed by atoms with Crippen molar-refractivity contribution in [3.8, 4) is 0 Å². The minimum atomic E-state index is -0.131. The molecule has 1 rings (SSSR count). The molecular weight excluding hydrogens is 156 g/mol. The van der Waals surface area contributed by atoms with E-state index in [1.165, 1.54) is 0 Å². The van der Waals surface area contributed by atoms with Crippen molar-refractivity contribution in [1.29, 1.82) is 0 Å². The highest BCUT2D eigenvalue weighted by Gasteiger charge is 2.20. The normalized spacial score (nSPS) is 23.9. The lowest BCUT2D eigenvalue weighted by atomic mass is 10.1. The maximum atomic E-state index is 11.3. The second-order valence-corrected chi connectivity index (χ2v) is 2.84. The Morgan fingerprint density at radius 1 is 1.75 bits per heavy atom. The molecule has 0 amide bonds. The van der Waals surface area contributed by atoms with Gasteiger partial charge >= 0.3 is 0 Å². The molecule has 1 radical (unpaired) electrons. The van der Waals surface area contributed by atoms with Gasteiger partial charge in [-0.15, -0.1) is 0 Å². The minimum absolute atomic E-state index is 0.131. The number of carbonyl (C=O) groups is 1. The van der Waals surface area contributed by atoms with E-state index < -0.39 is 0 Å². The first-order valence-corrected chi connectivity index (χ1v) is 4.23. The largest absolute Gasteiger partial charge is 0.384 e. The maximum Gasteiger partial charge on any atom is 0.154 e. The molecule has 1 atom stereocenters. The fourth-order valence-corrected chi connectivity index (χ4v) is 1.19. The average Bonchev–Trinajstić information content (AvgIpc) is 2.15. The van der Waals surface area contributed by atoms with Crippen molar-refractivity contribution in [3.05, 3.63) is 0 Å². The molecule has 0 spiro atoms. The molecule has 1 fully saturated rings. The number of Topliss-reactive ketones (excluding diaryl/α,β-unsaturated/α-hetero) is 1. The summed E-state index contributed by atoms with van der Waals surface area (Å²) in [6.45, 7) is 2.85. The summed E-state index contributed by atoms with van der Waals surface area (Å²) in [6.07, 6.45) is 0.479.